The van der Waals surface area contributed by atoms with E-state index >= 15 is 0 Å². The topological polar surface area (TPSA) is 37.0 Å². The molecule has 3 nitrogen and oxygen atoms in total. The maximum atomic E-state index is 4.52. The van der Waals surface area contributed by atoms with E-state index < -0.39 is 0 Å². The lowest BCUT2D eigenvalue weighted by Gasteiger charge is -2.18. The van der Waals surface area contributed by atoms with Gasteiger partial charge in [0.15, 0.2) is 0 Å². The van der Waals surface area contributed by atoms with E-state index in [0.717, 1.165) is 32.5 Å². The van der Waals surface area contributed by atoms with E-state index in [2.05, 4.69) is 47.7 Å². The normalized spacial score (nSPS) is 15.7. The molecule has 21 heavy (non-hydrogen) atoms. The van der Waals surface area contributed by atoms with Gasteiger partial charge in [0.05, 0.1) is 6.04 Å². The summed E-state index contributed by atoms with van der Waals surface area (Å²) in [5, 5.41) is 8.21. The molecule has 2 heterocycles. The fraction of sp³-hybridized carbons (Fsp3) is 0.471. The lowest BCUT2D eigenvalue weighted by atomic mass is 9.98. The van der Waals surface area contributed by atoms with Crippen LogP contribution in [0.15, 0.2) is 24.4 Å². The third-order valence-electron chi connectivity index (χ3n) is 4.06. The first kappa shape index (κ1) is 14.7. The number of aryl methyl sites for hydroxylation is 1. The van der Waals surface area contributed by atoms with Gasteiger partial charge in [-0.15, -0.1) is 11.3 Å². The van der Waals surface area contributed by atoms with Crippen LogP contribution < -0.4 is 10.6 Å². The maximum absolute atomic E-state index is 4.52. The average Bonchev–Trinajstić information content (AvgIpc) is 3.01. The summed E-state index contributed by atoms with van der Waals surface area (Å²) >= 11 is 1.82. The zero-order valence-electron chi connectivity index (χ0n) is 12.8. The summed E-state index contributed by atoms with van der Waals surface area (Å²) in [6.45, 7) is 7.38. The zero-order valence-corrected chi connectivity index (χ0v) is 13.6. The third-order valence-corrected chi connectivity index (χ3v) is 5.38. The minimum Gasteiger partial charge on any atom is -0.312 e. The Morgan fingerprint density at radius 1 is 1.38 bits per heavy atom. The second-order valence-corrected chi connectivity index (χ2v) is 6.80. The lowest BCUT2D eigenvalue weighted by molar-refractivity contribution is 0.570. The Bertz CT molecular complexity index is 606. The molecule has 0 radical (unpaired) electrons. The largest absolute Gasteiger partial charge is 0.312 e. The van der Waals surface area contributed by atoms with Crippen LogP contribution in [0.25, 0.3) is 0 Å². The standard InChI is InChI=1S/C17H23N3S/c1-3-16-11-20-17(21-16)12(2)19-9-13-4-5-14-6-7-18-10-15(14)8-13/h4-5,8,11-12,18-19H,3,6-7,9-10H2,1-2H3. The molecule has 1 aliphatic rings. The third kappa shape index (κ3) is 3.51. The maximum Gasteiger partial charge on any atom is 0.109 e. The highest BCUT2D eigenvalue weighted by atomic mass is 32.1. The first-order valence-corrected chi connectivity index (χ1v) is 8.57. The summed E-state index contributed by atoms with van der Waals surface area (Å²) < 4.78 is 0. The highest BCUT2D eigenvalue weighted by molar-refractivity contribution is 7.11. The Morgan fingerprint density at radius 3 is 3.10 bits per heavy atom. The number of aromatic nitrogens is 1. The Kier molecular flexibility index (Phi) is 4.68. The van der Waals surface area contributed by atoms with Crippen molar-refractivity contribution < 1.29 is 0 Å². The quantitative estimate of drug-likeness (QED) is 0.890. The van der Waals surface area contributed by atoms with Crippen LogP contribution in [0.5, 0.6) is 0 Å². The van der Waals surface area contributed by atoms with Crippen molar-refractivity contribution in [2.45, 2.75) is 45.8 Å². The van der Waals surface area contributed by atoms with Crippen molar-refractivity contribution in [3.05, 3.63) is 51.0 Å². The SMILES string of the molecule is CCc1cnc(C(C)NCc2ccc3c(c2)CNCC3)s1. The van der Waals surface area contributed by atoms with Gasteiger partial charge in [-0.05, 0) is 43.0 Å². The summed E-state index contributed by atoms with van der Waals surface area (Å²) in [7, 11) is 0. The van der Waals surface area contributed by atoms with Crippen LogP contribution in [0.1, 0.15) is 46.5 Å². The van der Waals surface area contributed by atoms with Gasteiger partial charge < -0.3 is 10.6 Å². The predicted molar refractivity (Wildman–Crippen MR) is 88.6 cm³/mol. The number of nitrogens with zero attached hydrogens (tertiary/aromatic N) is 1. The summed E-state index contributed by atoms with van der Waals surface area (Å²) in [6, 6.07) is 7.18. The van der Waals surface area contributed by atoms with E-state index in [9.17, 15) is 0 Å². The van der Waals surface area contributed by atoms with E-state index in [4.69, 9.17) is 0 Å². The van der Waals surface area contributed by atoms with Gasteiger partial charge in [-0.1, -0.05) is 25.1 Å². The molecular weight excluding hydrogens is 278 g/mol. The molecule has 0 bridgehead atoms. The molecule has 0 amide bonds. The van der Waals surface area contributed by atoms with E-state index in [1.165, 1.54) is 26.6 Å². The number of hydrogen-bond acceptors (Lipinski definition) is 4. The minimum absolute atomic E-state index is 0.310. The molecule has 1 atom stereocenters. The molecule has 0 spiro atoms. The van der Waals surface area contributed by atoms with Gasteiger partial charge in [-0.2, -0.15) is 0 Å². The van der Waals surface area contributed by atoms with Crippen LogP contribution in [-0.2, 0) is 25.9 Å². The second kappa shape index (κ2) is 6.69. The number of benzene rings is 1. The molecule has 0 fully saturated rings. The van der Waals surface area contributed by atoms with Gasteiger partial charge in [-0.25, -0.2) is 4.98 Å². The van der Waals surface area contributed by atoms with E-state index in [-0.39, 0.29) is 0 Å². The van der Waals surface area contributed by atoms with Crippen molar-refractivity contribution in [3.63, 3.8) is 0 Å². The minimum atomic E-state index is 0.310. The monoisotopic (exact) mass is 301 g/mol. The molecule has 1 unspecified atom stereocenters. The second-order valence-electron chi connectivity index (χ2n) is 5.65. The van der Waals surface area contributed by atoms with Gasteiger partial charge in [0, 0.05) is 24.2 Å². The van der Waals surface area contributed by atoms with E-state index in [1.54, 1.807) is 0 Å². The highest BCUT2D eigenvalue weighted by Crippen LogP contribution is 2.21. The molecule has 3 rings (SSSR count). The number of rotatable bonds is 5. The number of nitrogens with one attached hydrogen (secondary N) is 2. The first-order chi connectivity index (χ1) is 10.3. The van der Waals surface area contributed by atoms with Gasteiger partial charge in [0.2, 0.25) is 0 Å². The van der Waals surface area contributed by atoms with Gasteiger partial charge in [0.1, 0.15) is 5.01 Å². The fourth-order valence-electron chi connectivity index (χ4n) is 2.69. The first-order valence-electron chi connectivity index (χ1n) is 7.75. The van der Waals surface area contributed by atoms with Crippen molar-refractivity contribution in [2.75, 3.05) is 6.54 Å². The summed E-state index contributed by atoms with van der Waals surface area (Å²) in [5.74, 6) is 0. The summed E-state index contributed by atoms with van der Waals surface area (Å²) in [5.41, 5.74) is 4.31. The summed E-state index contributed by atoms with van der Waals surface area (Å²) in [4.78, 5) is 5.88. The van der Waals surface area contributed by atoms with Crippen LogP contribution in [0.4, 0.5) is 0 Å². The Hall–Kier alpha value is -1.23. The van der Waals surface area contributed by atoms with Gasteiger partial charge in [0.25, 0.3) is 0 Å². The van der Waals surface area contributed by atoms with Crippen molar-refractivity contribution in [2.24, 2.45) is 0 Å². The molecule has 1 aromatic carbocycles. The van der Waals surface area contributed by atoms with Crippen molar-refractivity contribution >= 4 is 11.3 Å². The highest BCUT2D eigenvalue weighted by Gasteiger charge is 2.11. The Balaban J connectivity index is 1.61. The Morgan fingerprint density at radius 2 is 2.29 bits per heavy atom. The molecule has 1 aromatic heterocycles. The Labute approximate surface area is 130 Å². The molecule has 0 saturated heterocycles. The number of fused-ring (bicyclic) bond motifs is 1. The number of thiazole rings is 1. The van der Waals surface area contributed by atoms with Crippen LogP contribution >= 0.6 is 11.3 Å². The average molecular weight is 301 g/mol. The van der Waals surface area contributed by atoms with Gasteiger partial charge >= 0.3 is 0 Å². The van der Waals surface area contributed by atoms with Crippen LogP contribution in [0.2, 0.25) is 0 Å². The predicted octanol–water partition coefficient (Wildman–Crippen LogP) is 3.20. The molecule has 2 aromatic rings. The van der Waals surface area contributed by atoms with E-state index in [0.29, 0.717) is 6.04 Å². The molecular formula is C17H23N3S. The van der Waals surface area contributed by atoms with Crippen molar-refractivity contribution in [3.8, 4) is 0 Å². The van der Waals surface area contributed by atoms with Crippen LogP contribution in [0, 0.1) is 0 Å². The fourth-order valence-corrected chi connectivity index (χ4v) is 3.57. The van der Waals surface area contributed by atoms with Crippen LogP contribution in [-0.4, -0.2) is 11.5 Å². The number of hydrogen-bond donors (Lipinski definition) is 2. The zero-order chi connectivity index (χ0) is 14.7. The molecule has 0 aliphatic carbocycles. The smallest absolute Gasteiger partial charge is 0.109 e. The van der Waals surface area contributed by atoms with Crippen LogP contribution in [0.3, 0.4) is 0 Å². The van der Waals surface area contributed by atoms with Gasteiger partial charge in [-0.3, -0.25) is 0 Å². The molecule has 112 valence electrons. The molecule has 2 N–H and O–H groups in total. The summed E-state index contributed by atoms with van der Waals surface area (Å²) in [6.07, 6.45) is 4.23. The molecule has 4 heteroatoms. The lowest BCUT2D eigenvalue weighted by Crippen LogP contribution is -2.24. The molecule has 1 aliphatic heterocycles. The molecule has 0 saturated carbocycles. The van der Waals surface area contributed by atoms with E-state index in [1.807, 2.05) is 17.5 Å². The van der Waals surface area contributed by atoms with Crippen molar-refractivity contribution in [1.82, 2.24) is 15.6 Å². The van der Waals surface area contributed by atoms with Crippen molar-refractivity contribution in [1.29, 1.82) is 0 Å².